The third-order valence-corrected chi connectivity index (χ3v) is 3.80. The first-order valence-corrected chi connectivity index (χ1v) is 6.67. The lowest BCUT2D eigenvalue weighted by atomic mass is 9.88. The van der Waals surface area contributed by atoms with Gasteiger partial charge < -0.3 is 4.90 Å². The van der Waals surface area contributed by atoms with E-state index < -0.39 is 0 Å². The molecule has 0 saturated carbocycles. The first-order valence-electron chi connectivity index (χ1n) is 6.67. The van der Waals surface area contributed by atoms with Crippen molar-refractivity contribution in [2.24, 2.45) is 0 Å². The number of amides is 1. The van der Waals surface area contributed by atoms with Gasteiger partial charge in [0.25, 0.3) is 0 Å². The Bertz CT molecular complexity index is 591. The Morgan fingerprint density at radius 1 is 1.05 bits per heavy atom. The van der Waals surface area contributed by atoms with Crippen LogP contribution in [0.4, 0.5) is 0 Å². The molecule has 1 aliphatic rings. The lowest BCUT2D eigenvalue weighted by molar-refractivity contribution is -0.130. The zero-order valence-corrected chi connectivity index (χ0v) is 11.0. The number of nitrogens with zero attached hydrogens (tertiary/aromatic N) is 1. The molecule has 0 saturated heterocycles. The Kier molecular flexibility index (Phi) is 3.08. The largest absolute Gasteiger partial charge is 0.331 e. The molecule has 96 valence electrons. The molecule has 0 spiro atoms. The number of fused-ring (bicyclic) bond motifs is 1. The predicted octanol–water partition coefficient (Wildman–Crippen LogP) is 3.18. The van der Waals surface area contributed by atoms with Gasteiger partial charge in [-0.15, -0.1) is 0 Å². The number of rotatable bonds is 1. The molecule has 1 aliphatic heterocycles. The summed E-state index contributed by atoms with van der Waals surface area (Å²) >= 11 is 0. The topological polar surface area (TPSA) is 20.3 Å². The molecular formula is C17H17NO. The summed E-state index contributed by atoms with van der Waals surface area (Å²) in [6, 6.07) is 18.8. The van der Waals surface area contributed by atoms with Crippen molar-refractivity contribution < 1.29 is 4.79 Å². The van der Waals surface area contributed by atoms with Crippen molar-refractivity contribution in [3.63, 3.8) is 0 Å². The molecule has 0 radical (unpaired) electrons. The van der Waals surface area contributed by atoms with E-state index in [1.165, 1.54) is 16.7 Å². The second-order valence-corrected chi connectivity index (χ2v) is 4.97. The Hall–Kier alpha value is -2.09. The molecule has 3 rings (SSSR count). The summed E-state index contributed by atoms with van der Waals surface area (Å²) in [5.41, 5.74) is 3.80. The van der Waals surface area contributed by atoms with Crippen LogP contribution >= 0.6 is 0 Å². The molecule has 0 unspecified atom stereocenters. The second kappa shape index (κ2) is 4.88. The number of carbonyl (C=O) groups excluding carboxylic acids is 1. The monoisotopic (exact) mass is 251 g/mol. The van der Waals surface area contributed by atoms with Crippen LogP contribution in [0.5, 0.6) is 0 Å². The summed E-state index contributed by atoms with van der Waals surface area (Å²) in [6.45, 7) is 2.45. The Morgan fingerprint density at radius 2 is 1.74 bits per heavy atom. The molecule has 2 aromatic rings. The van der Waals surface area contributed by atoms with E-state index in [1.54, 1.807) is 6.92 Å². The molecule has 1 atom stereocenters. The normalized spacial score (nSPS) is 17.9. The summed E-state index contributed by atoms with van der Waals surface area (Å²) < 4.78 is 0. The van der Waals surface area contributed by atoms with Crippen molar-refractivity contribution in [3.05, 3.63) is 71.3 Å². The number of carbonyl (C=O) groups is 1. The Morgan fingerprint density at radius 3 is 2.47 bits per heavy atom. The summed E-state index contributed by atoms with van der Waals surface area (Å²) in [7, 11) is 0. The Labute approximate surface area is 113 Å². The van der Waals surface area contributed by atoms with Crippen molar-refractivity contribution in [1.82, 2.24) is 4.90 Å². The molecule has 2 nitrogen and oxygen atoms in total. The van der Waals surface area contributed by atoms with Gasteiger partial charge >= 0.3 is 0 Å². The molecular weight excluding hydrogens is 234 g/mol. The average Bonchev–Trinajstić information content (AvgIpc) is 2.46. The third kappa shape index (κ3) is 2.14. The van der Waals surface area contributed by atoms with Crippen LogP contribution in [0.1, 0.15) is 29.7 Å². The first-order chi connectivity index (χ1) is 9.27. The number of hydrogen-bond donors (Lipinski definition) is 0. The lowest BCUT2D eigenvalue weighted by Gasteiger charge is -2.37. The minimum atomic E-state index is 0.0589. The highest BCUT2D eigenvalue weighted by molar-refractivity contribution is 5.75. The van der Waals surface area contributed by atoms with Crippen LogP contribution in [0.25, 0.3) is 0 Å². The standard InChI is InChI=1S/C17H17NO/c1-13(19)18-12-11-14-7-5-6-10-16(14)17(18)15-8-3-2-4-9-15/h2-10,17H,11-12H2,1H3/t17-/m0/s1. The maximum atomic E-state index is 11.9. The van der Waals surface area contributed by atoms with E-state index in [-0.39, 0.29) is 11.9 Å². The van der Waals surface area contributed by atoms with Gasteiger partial charge in [0, 0.05) is 13.5 Å². The first kappa shape index (κ1) is 12.0. The number of hydrogen-bond acceptors (Lipinski definition) is 1. The average molecular weight is 251 g/mol. The predicted molar refractivity (Wildman–Crippen MR) is 75.8 cm³/mol. The van der Waals surface area contributed by atoms with Gasteiger partial charge in [0.2, 0.25) is 5.91 Å². The van der Waals surface area contributed by atoms with Crippen LogP contribution in [0.15, 0.2) is 54.6 Å². The maximum absolute atomic E-state index is 11.9. The van der Waals surface area contributed by atoms with E-state index in [1.807, 2.05) is 23.1 Å². The van der Waals surface area contributed by atoms with E-state index in [2.05, 4.69) is 36.4 Å². The van der Waals surface area contributed by atoms with E-state index in [0.717, 1.165) is 13.0 Å². The van der Waals surface area contributed by atoms with Crippen LogP contribution in [-0.4, -0.2) is 17.4 Å². The van der Waals surface area contributed by atoms with Crippen molar-refractivity contribution in [2.75, 3.05) is 6.54 Å². The van der Waals surface area contributed by atoms with Gasteiger partial charge in [-0.3, -0.25) is 4.79 Å². The zero-order chi connectivity index (χ0) is 13.2. The SMILES string of the molecule is CC(=O)N1CCc2ccccc2[C@@H]1c1ccccc1. The Balaban J connectivity index is 2.13. The second-order valence-electron chi connectivity index (χ2n) is 4.97. The summed E-state index contributed by atoms with van der Waals surface area (Å²) in [5, 5.41) is 0. The van der Waals surface area contributed by atoms with Gasteiger partial charge in [0.1, 0.15) is 0 Å². The van der Waals surface area contributed by atoms with Crippen molar-refractivity contribution >= 4 is 5.91 Å². The summed E-state index contributed by atoms with van der Waals surface area (Å²) in [6.07, 6.45) is 0.944. The number of benzene rings is 2. The molecule has 0 bridgehead atoms. The molecule has 19 heavy (non-hydrogen) atoms. The smallest absolute Gasteiger partial charge is 0.220 e. The van der Waals surface area contributed by atoms with E-state index >= 15 is 0 Å². The van der Waals surface area contributed by atoms with Gasteiger partial charge in [-0.05, 0) is 23.1 Å². The molecule has 0 aromatic heterocycles. The maximum Gasteiger partial charge on any atom is 0.220 e. The molecule has 0 N–H and O–H groups in total. The molecule has 1 amide bonds. The van der Waals surface area contributed by atoms with Crippen LogP contribution < -0.4 is 0 Å². The van der Waals surface area contributed by atoms with Crippen molar-refractivity contribution in [3.8, 4) is 0 Å². The summed E-state index contributed by atoms with van der Waals surface area (Å²) in [4.78, 5) is 13.9. The van der Waals surface area contributed by atoms with Crippen LogP contribution in [-0.2, 0) is 11.2 Å². The van der Waals surface area contributed by atoms with Gasteiger partial charge in [0.05, 0.1) is 6.04 Å². The molecule has 2 aromatic carbocycles. The highest BCUT2D eigenvalue weighted by Gasteiger charge is 2.29. The third-order valence-electron chi connectivity index (χ3n) is 3.80. The molecule has 2 heteroatoms. The fraction of sp³-hybridized carbons (Fsp3) is 0.235. The highest BCUT2D eigenvalue weighted by atomic mass is 16.2. The van der Waals surface area contributed by atoms with E-state index in [0.29, 0.717) is 0 Å². The minimum absolute atomic E-state index is 0.0589. The van der Waals surface area contributed by atoms with Crippen LogP contribution in [0, 0.1) is 0 Å². The van der Waals surface area contributed by atoms with Crippen molar-refractivity contribution in [2.45, 2.75) is 19.4 Å². The highest BCUT2D eigenvalue weighted by Crippen LogP contribution is 2.34. The van der Waals surface area contributed by atoms with Crippen molar-refractivity contribution in [1.29, 1.82) is 0 Å². The summed E-state index contributed by atoms with van der Waals surface area (Å²) in [5.74, 6) is 0.142. The van der Waals surface area contributed by atoms with E-state index in [9.17, 15) is 4.79 Å². The van der Waals surface area contributed by atoms with Gasteiger partial charge in [0.15, 0.2) is 0 Å². The molecule has 1 heterocycles. The van der Waals surface area contributed by atoms with Gasteiger partial charge in [-0.25, -0.2) is 0 Å². The van der Waals surface area contributed by atoms with Gasteiger partial charge in [-0.2, -0.15) is 0 Å². The van der Waals surface area contributed by atoms with E-state index in [4.69, 9.17) is 0 Å². The molecule has 0 aliphatic carbocycles. The minimum Gasteiger partial charge on any atom is -0.331 e. The fourth-order valence-corrected chi connectivity index (χ4v) is 2.90. The van der Waals surface area contributed by atoms with Crippen LogP contribution in [0.2, 0.25) is 0 Å². The van der Waals surface area contributed by atoms with Crippen LogP contribution in [0.3, 0.4) is 0 Å². The van der Waals surface area contributed by atoms with Gasteiger partial charge in [-0.1, -0.05) is 54.6 Å². The lowest BCUT2D eigenvalue weighted by Crippen LogP contribution is -2.39. The molecule has 0 fully saturated rings. The fourth-order valence-electron chi connectivity index (χ4n) is 2.90. The quantitative estimate of drug-likeness (QED) is 0.762. The zero-order valence-electron chi connectivity index (χ0n) is 11.0.